The van der Waals surface area contributed by atoms with Gasteiger partial charge in [0.1, 0.15) is 5.76 Å². The molecule has 0 saturated carbocycles. The number of oxazole rings is 1. The molecule has 3 rings (SSSR count). The molecule has 0 aliphatic carbocycles. The number of aliphatic imine (C=N–C) groups is 1. The van der Waals surface area contributed by atoms with Gasteiger partial charge in [0.05, 0.1) is 12.2 Å². The minimum Gasteiger partial charge on any atom is -0.444 e. The zero-order chi connectivity index (χ0) is 19.2. The van der Waals surface area contributed by atoms with Crippen molar-refractivity contribution < 1.29 is 8.94 Å². The van der Waals surface area contributed by atoms with Gasteiger partial charge in [0.25, 0.3) is 0 Å². The Morgan fingerprint density at radius 1 is 1.19 bits per heavy atom. The van der Waals surface area contributed by atoms with Crippen LogP contribution in [0.2, 0.25) is 5.02 Å². The second kappa shape index (κ2) is 8.68. The van der Waals surface area contributed by atoms with E-state index in [1.807, 2.05) is 26.0 Å². The Morgan fingerprint density at radius 3 is 2.74 bits per heavy atom. The first-order valence-electron chi connectivity index (χ1n) is 8.51. The van der Waals surface area contributed by atoms with Gasteiger partial charge in [-0.3, -0.25) is 4.99 Å². The van der Waals surface area contributed by atoms with E-state index in [-0.39, 0.29) is 0 Å². The van der Waals surface area contributed by atoms with Crippen molar-refractivity contribution in [2.45, 2.75) is 26.8 Å². The smallest absolute Gasteiger partial charge is 0.228 e. The summed E-state index contributed by atoms with van der Waals surface area (Å²) < 4.78 is 10.8. The SMILES string of the molecule is CN=C(NCCc1nc(-c2cccc(Cl)c2)no1)NCc1nc(C)c(C)o1. The lowest BCUT2D eigenvalue weighted by Crippen LogP contribution is -2.38. The van der Waals surface area contributed by atoms with Crippen molar-refractivity contribution in [3.8, 4) is 11.4 Å². The summed E-state index contributed by atoms with van der Waals surface area (Å²) in [7, 11) is 1.70. The third-order valence-electron chi connectivity index (χ3n) is 3.89. The molecule has 0 amide bonds. The summed E-state index contributed by atoms with van der Waals surface area (Å²) in [4.78, 5) is 12.9. The highest BCUT2D eigenvalue weighted by Gasteiger charge is 2.10. The summed E-state index contributed by atoms with van der Waals surface area (Å²) >= 11 is 5.99. The van der Waals surface area contributed by atoms with Crippen molar-refractivity contribution in [3.63, 3.8) is 0 Å². The quantitative estimate of drug-likeness (QED) is 0.494. The first-order valence-corrected chi connectivity index (χ1v) is 8.89. The minimum absolute atomic E-state index is 0.452. The van der Waals surface area contributed by atoms with Gasteiger partial charge in [0.2, 0.25) is 17.6 Å². The van der Waals surface area contributed by atoms with Crippen LogP contribution in [-0.2, 0) is 13.0 Å². The molecule has 142 valence electrons. The number of nitrogens with one attached hydrogen (secondary N) is 2. The lowest BCUT2D eigenvalue weighted by atomic mass is 10.2. The van der Waals surface area contributed by atoms with Crippen LogP contribution >= 0.6 is 11.6 Å². The lowest BCUT2D eigenvalue weighted by Gasteiger charge is -2.09. The maximum absolute atomic E-state index is 5.99. The van der Waals surface area contributed by atoms with Gasteiger partial charge in [-0.15, -0.1) is 0 Å². The highest BCUT2D eigenvalue weighted by Crippen LogP contribution is 2.19. The minimum atomic E-state index is 0.452. The number of benzene rings is 1. The molecule has 2 heterocycles. The molecule has 9 heteroatoms. The number of halogens is 1. The van der Waals surface area contributed by atoms with Gasteiger partial charge in [-0.05, 0) is 26.0 Å². The van der Waals surface area contributed by atoms with E-state index in [1.165, 1.54) is 0 Å². The Kier molecular flexibility index (Phi) is 6.08. The van der Waals surface area contributed by atoms with Crippen LogP contribution in [0.25, 0.3) is 11.4 Å². The molecule has 8 nitrogen and oxygen atoms in total. The van der Waals surface area contributed by atoms with Crippen LogP contribution in [-0.4, -0.2) is 34.7 Å². The van der Waals surface area contributed by atoms with Crippen molar-refractivity contribution in [1.82, 2.24) is 25.8 Å². The predicted octanol–water partition coefficient (Wildman–Crippen LogP) is 2.90. The summed E-state index contributed by atoms with van der Waals surface area (Å²) in [5, 5.41) is 11.0. The van der Waals surface area contributed by atoms with Gasteiger partial charge < -0.3 is 19.6 Å². The third kappa shape index (κ3) is 5.07. The molecule has 0 aliphatic rings. The molecule has 0 atom stereocenters. The Morgan fingerprint density at radius 2 is 2.04 bits per heavy atom. The summed E-state index contributed by atoms with van der Waals surface area (Å²) in [5.41, 5.74) is 1.71. The Bertz CT molecular complexity index is 914. The number of guanidine groups is 1. The molecule has 0 unspecified atom stereocenters. The Balaban J connectivity index is 1.48. The van der Waals surface area contributed by atoms with E-state index < -0.39 is 0 Å². The van der Waals surface area contributed by atoms with Crippen LogP contribution in [0, 0.1) is 13.8 Å². The fraction of sp³-hybridized carbons (Fsp3) is 0.333. The first-order chi connectivity index (χ1) is 13.0. The molecule has 0 aliphatic heterocycles. The van der Waals surface area contributed by atoms with Crippen molar-refractivity contribution in [1.29, 1.82) is 0 Å². The van der Waals surface area contributed by atoms with Crippen LogP contribution in [0.1, 0.15) is 23.2 Å². The highest BCUT2D eigenvalue weighted by molar-refractivity contribution is 6.30. The fourth-order valence-electron chi connectivity index (χ4n) is 2.38. The average Bonchev–Trinajstić information content (AvgIpc) is 3.25. The number of nitrogens with zero attached hydrogens (tertiary/aromatic N) is 4. The molecule has 0 saturated heterocycles. The van der Waals surface area contributed by atoms with Crippen LogP contribution in [0.15, 0.2) is 38.2 Å². The molecule has 27 heavy (non-hydrogen) atoms. The van der Waals surface area contributed by atoms with Gasteiger partial charge in [-0.1, -0.05) is 28.9 Å². The van der Waals surface area contributed by atoms with Gasteiger partial charge >= 0.3 is 0 Å². The number of hydrogen-bond acceptors (Lipinski definition) is 6. The topological polar surface area (TPSA) is 101 Å². The van der Waals surface area contributed by atoms with Crippen LogP contribution in [0.5, 0.6) is 0 Å². The van der Waals surface area contributed by atoms with E-state index in [0.29, 0.717) is 48.1 Å². The average molecular weight is 389 g/mol. The van der Waals surface area contributed by atoms with Crippen LogP contribution in [0.3, 0.4) is 0 Å². The Labute approximate surface area is 162 Å². The van der Waals surface area contributed by atoms with E-state index in [4.69, 9.17) is 20.5 Å². The van der Waals surface area contributed by atoms with E-state index in [1.54, 1.807) is 19.2 Å². The second-order valence-electron chi connectivity index (χ2n) is 5.87. The van der Waals surface area contributed by atoms with E-state index in [9.17, 15) is 0 Å². The monoisotopic (exact) mass is 388 g/mol. The molecule has 0 fully saturated rings. The van der Waals surface area contributed by atoms with Gasteiger partial charge in [0.15, 0.2) is 5.96 Å². The van der Waals surface area contributed by atoms with E-state index in [2.05, 4.69) is 30.8 Å². The van der Waals surface area contributed by atoms with Crippen molar-refractivity contribution in [3.05, 3.63) is 52.5 Å². The molecule has 2 N–H and O–H groups in total. The second-order valence-corrected chi connectivity index (χ2v) is 6.31. The zero-order valence-corrected chi connectivity index (χ0v) is 16.2. The molecule has 0 bridgehead atoms. The number of hydrogen-bond donors (Lipinski definition) is 2. The van der Waals surface area contributed by atoms with Crippen LogP contribution in [0.4, 0.5) is 0 Å². The van der Waals surface area contributed by atoms with Gasteiger partial charge in [-0.25, -0.2) is 4.98 Å². The maximum Gasteiger partial charge on any atom is 0.228 e. The molecule has 0 spiro atoms. The largest absolute Gasteiger partial charge is 0.444 e. The van der Waals surface area contributed by atoms with Crippen LogP contribution < -0.4 is 10.6 Å². The number of aryl methyl sites for hydroxylation is 2. The number of rotatable bonds is 6. The summed E-state index contributed by atoms with van der Waals surface area (Å²) in [6.45, 7) is 4.84. The fourth-order valence-corrected chi connectivity index (χ4v) is 2.57. The van der Waals surface area contributed by atoms with E-state index in [0.717, 1.165) is 17.0 Å². The molecule has 1 aromatic carbocycles. The lowest BCUT2D eigenvalue weighted by molar-refractivity contribution is 0.378. The van der Waals surface area contributed by atoms with Crippen molar-refractivity contribution in [2.75, 3.05) is 13.6 Å². The zero-order valence-electron chi connectivity index (χ0n) is 15.4. The molecular weight excluding hydrogens is 368 g/mol. The maximum atomic E-state index is 5.99. The molecule has 2 aromatic heterocycles. The summed E-state index contributed by atoms with van der Waals surface area (Å²) in [6, 6.07) is 7.33. The number of aromatic nitrogens is 3. The normalized spacial score (nSPS) is 11.6. The third-order valence-corrected chi connectivity index (χ3v) is 4.12. The molecule has 0 radical (unpaired) electrons. The Hall–Kier alpha value is -2.87. The summed E-state index contributed by atoms with van der Waals surface area (Å²) in [5.74, 6) is 3.13. The summed E-state index contributed by atoms with van der Waals surface area (Å²) in [6.07, 6.45) is 0.561. The predicted molar refractivity (Wildman–Crippen MR) is 103 cm³/mol. The van der Waals surface area contributed by atoms with Gasteiger partial charge in [0, 0.05) is 30.6 Å². The first kappa shape index (κ1) is 18.9. The van der Waals surface area contributed by atoms with E-state index >= 15 is 0 Å². The van der Waals surface area contributed by atoms with Crippen molar-refractivity contribution >= 4 is 17.6 Å². The van der Waals surface area contributed by atoms with Crippen molar-refractivity contribution in [2.24, 2.45) is 4.99 Å². The van der Waals surface area contributed by atoms with Gasteiger partial charge in [-0.2, -0.15) is 4.98 Å². The molecule has 3 aromatic rings. The standard InChI is InChI=1S/C18H21ClN6O2/c1-11-12(2)26-16(23-11)10-22-18(20-3)21-8-7-15-24-17(25-27-15)13-5-4-6-14(19)9-13/h4-6,9H,7-8,10H2,1-3H3,(H2,20,21,22). The highest BCUT2D eigenvalue weighted by atomic mass is 35.5. The molecular formula is C18H21ClN6O2.